The predicted molar refractivity (Wildman–Crippen MR) is 106 cm³/mol. The van der Waals surface area contributed by atoms with Crippen molar-refractivity contribution < 1.29 is 14.3 Å². The summed E-state index contributed by atoms with van der Waals surface area (Å²) < 4.78 is 10.3. The van der Waals surface area contributed by atoms with E-state index in [9.17, 15) is 4.79 Å². The van der Waals surface area contributed by atoms with Crippen LogP contribution in [0.4, 0.5) is 4.79 Å². The molecule has 0 radical (unpaired) electrons. The molecule has 0 saturated carbocycles. The van der Waals surface area contributed by atoms with E-state index >= 15 is 0 Å². The molecule has 3 aromatic rings. The van der Waals surface area contributed by atoms with E-state index in [0.717, 1.165) is 22.2 Å². The molecule has 1 fully saturated rings. The number of morpholine rings is 1. The largest absolute Gasteiger partial charge is 0.480 e. The van der Waals surface area contributed by atoms with Crippen molar-refractivity contribution in [3.8, 4) is 17.1 Å². The number of hydrogen-bond acceptors (Lipinski definition) is 5. The third-order valence-corrected chi connectivity index (χ3v) is 4.92. The summed E-state index contributed by atoms with van der Waals surface area (Å²) in [5.41, 5.74) is 3.23. The van der Waals surface area contributed by atoms with Gasteiger partial charge in [-0.3, -0.25) is 0 Å². The molecule has 1 saturated heterocycles. The second-order valence-corrected chi connectivity index (χ2v) is 6.82. The summed E-state index contributed by atoms with van der Waals surface area (Å²) in [5.74, 6) is 0.444. The van der Waals surface area contributed by atoms with Gasteiger partial charge in [0.25, 0.3) is 0 Å². The predicted octanol–water partition coefficient (Wildman–Crippen LogP) is 2.83. The highest BCUT2D eigenvalue weighted by atomic mass is 35.5. The molecule has 146 valence electrons. The molecule has 8 nitrogen and oxygen atoms in total. The number of benzene rings is 1. The Hall–Kier alpha value is -2.84. The van der Waals surface area contributed by atoms with Crippen LogP contribution in [0.3, 0.4) is 0 Å². The standard InChI is InChI=1S/C19H20ClN5O3/c1-27-18-11-21-17(10-22-18)14-8-16-12(7-15(14)20)6-13(24-16)9-23-19(26)25-2-4-28-5-3-25/h6-8,10-11,24H,2-5,9H2,1H3,(H,23,26). The molecule has 3 heterocycles. The van der Waals surface area contributed by atoms with E-state index in [1.165, 1.54) is 0 Å². The van der Waals surface area contributed by atoms with E-state index in [0.29, 0.717) is 49.4 Å². The summed E-state index contributed by atoms with van der Waals surface area (Å²) in [5, 5.41) is 4.48. The van der Waals surface area contributed by atoms with Crippen LogP contribution < -0.4 is 10.1 Å². The van der Waals surface area contributed by atoms with Crippen LogP contribution in [0.1, 0.15) is 5.69 Å². The number of methoxy groups -OCH3 is 1. The van der Waals surface area contributed by atoms with Gasteiger partial charge in [-0.15, -0.1) is 0 Å². The Labute approximate surface area is 166 Å². The number of H-pyrrole nitrogens is 1. The minimum Gasteiger partial charge on any atom is -0.480 e. The minimum absolute atomic E-state index is 0.0887. The van der Waals surface area contributed by atoms with Crippen LogP contribution in [0.2, 0.25) is 5.02 Å². The molecule has 0 bridgehead atoms. The van der Waals surface area contributed by atoms with Crippen LogP contribution in [0.5, 0.6) is 5.88 Å². The third kappa shape index (κ3) is 3.88. The lowest BCUT2D eigenvalue weighted by molar-refractivity contribution is 0.0531. The van der Waals surface area contributed by atoms with Crippen molar-refractivity contribution in [1.29, 1.82) is 0 Å². The average Bonchev–Trinajstić information content (AvgIpc) is 3.13. The number of fused-ring (bicyclic) bond motifs is 1. The maximum absolute atomic E-state index is 12.2. The molecule has 1 aliphatic heterocycles. The summed E-state index contributed by atoms with van der Waals surface area (Å²) in [6, 6.07) is 5.70. The zero-order chi connectivity index (χ0) is 19.5. The Morgan fingerprint density at radius 2 is 2.11 bits per heavy atom. The SMILES string of the molecule is COc1cnc(-c2cc3[nH]c(CNC(=O)N4CCOCC4)cc3cc2Cl)cn1. The molecule has 2 aromatic heterocycles. The fraction of sp³-hybridized carbons (Fsp3) is 0.316. The first-order valence-electron chi connectivity index (χ1n) is 8.92. The van der Waals surface area contributed by atoms with Crippen molar-refractivity contribution in [1.82, 2.24) is 25.2 Å². The van der Waals surface area contributed by atoms with Gasteiger partial charge in [-0.25, -0.2) is 14.8 Å². The molecule has 1 aliphatic rings. The van der Waals surface area contributed by atoms with E-state index in [1.807, 2.05) is 18.2 Å². The fourth-order valence-electron chi connectivity index (χ4n) is 3.11. The van der Waals surface area contributed by atoms with Crippen molar-refractivity contribution in [2.45, 2.75) is 6.54 Å². The van der Waals surface area contributed by atoms with Gasteiger partial charge in [-0.05, 0) is 18.2 Å². The summed E-state index contributed by atoms with van der Waals surface area (Å²) >= 11 is 6.45. The smallest absolute Gasteiger partial charge is 0.317 e. The molecule has 2 N–H and O–H groups in total. The lowest BCUT2D eigenvalue weighted by Crippen LogP contribution is -2.45. The number of amides is 2. The lowest BCUT2D eigenvalue weighted by Gasteiger charge is -2.26. The molecule has 28 heavy (non-hydrogen) atoms. The van der Waals surface area contributed by atoms with Crippen LogP contribution in [-0.2, 0) is 11.3 Å². The zero-order valence-corrected chi connectivity index (χ0v) is 16.1. The average molecular weight is 402 g/mol. The normalized spacial score (nSPS) is 14.3. The van der Waals surface area contributed by atoms with E-state index < -0.39 is 0 Å². The number of nitrogens with zero attached hydrogens (tertiary/aromatic N) is 3. The lowest BCUT2D eigenvalue weighted by atomic mass is 10.1. The molecule has 4 rings (SSSR count). The van der Waals surface area contributed by atoms with Gasteiger partial charge in [0, 0.05) is 35.2 Å². The van der Waals surface area contributed by atoms with Crippen molar-refractivity contribution >= 4 is 28.5 Å². The van der Waals surface area contributed by atoms with Gasteiger partial charge in [0.2, 0.25) is 5.88 Å². The third-order valence-electron chi connectivity index (χ3n) is 4.61. The number of carbonyl (C=O) groups excluding carboxylic acids is 1. The van der Waals surface area contributed by atoms with Gasteiger partial charge < -0.3 is 24.7 Å². The molecule has 0 atom stereocenters. The summed E-state index contributed by atoms with van der Waals surface area (Å²) in [4.78, 5) is 25.8. The van der Waals surface area contributed by atoms with Crippen molar-refractivity contribution in [2.24, 2.45) is 0 Å². The topological polar surface area (TPSA) is 92.4 Å². The number of urea groups is 1. The fourth-order valence-corrected chi connectivity index (χ4v) is 3.38. The second-order valence-electron chi connectivity index (χ2n) is 6.42. The van der Waals surface area contributed by atoms with Crippen LogP contribution in [0.15, 0.2) is 30.6 Å². The molecule has 2 amide bonds. The quantitative estimate of drug-likeness (QED) is 0.701. The van der Waals surface area contributed by atoms with E-state index in [-0.39, 0.29) is 6.03 Å². The molecule has 0 unspecified atom stereocenters. The minimum atomic E-state index is -0.0887. The molecular weight excluding hydrogens is 382 g/mol. The maximum atomic E-state index is 12.2. The number of rotatable bonds is 4. The highest BCUT2D eigenvalue weighted by Crippen LogP contribution is 2.31. The van der Waals surface area contributed by atoms with Gasteiger partial charge in [-0.2, -0.15) is 0 Å². The van der Waals surface area contributed by atoms with Crippen molar-refractivity contribution in [2.75, 3.05) is 33.4 Å². The van der Waals surface area contributed by atoms with Gasteiger partial charge in [0.1, 0.15) is 0 Å². The first-order valence-corrected chi connectivity index (χ1v) is 9.30. The van der Waals surface area contributed by atoms with Gasteiger partial charge in [0.15, 0.2) is 0 Å². The zero-order valence-electron chi connectivity index (χ0n) is 15.4. The molecule has 9 heteroatoms. The van der Waals surface area contributed by atoms with Crippen molar-refractivity contribution in [3.63, 3.8) is 0 Å². The number of aromatic amines is 1. The summed E-state index contributed by atoms with van der Waals surface area (Å²) in [7, 11) is 1.54. The first-order chi connectivity index (χ1) is 13.6. The van der Waals surface area contributed by atoms with E-state index in [1.54, 1.807) is 24.4 Å². The van der Waals surface area contributed by atoms with Gasteiger partial charge in [-0.1, -0.05) is 11.6 Å². The maximum Gasteiger partial charge on any atom is 0.317 e. The van der Waals surface area contributed by atoms with E-state index in [2.05, 4.69) is 20.3 Å². The van der Waals surface area contributed by atoms with Crippen molar-refractivity contribution in [3.05, 3.63) is 41.3 Å². The van der Waals surface area contributed by atoms with Crippen LogP contribution >= 0.6 is 11.6 Å². The summed E-state index contributed by atoms with van der Waals surface area (Å²) in [6.45, 7) is 2.78. The van der Waals surface area contributed by atoms with Crippen LogP contribution in [-0.4, -0.2) is 59.3 Å². The Morgan fingerprint density at radius 1 is 1.29 bits per heavy atom. The highest BCUT2D eigenvalue weighted by Gasteiger charge is 2.16. The Bertz CT molecular complexity index is 983. The number of carbonyl (C=O) groups is 1. The van der Waals surface area contributed by atoms with Crippen LogP contribution in [0, 0.1) is 0 Å². The number of halogens is 1. The summed E-state index contributed by atoms with van der Waals surface area (Å²) in [6.07, 6.45) is 3.18. The second kappa shape index (κ2) is 8.04. The van der Waals surface area contributed by atoms with Crippen LogP contribution in [0.25, 0.3) is 22.2 Å². The molecule has 0 aliphatic carbocycles. The van der Waals surface area contributed by atoms with Gasteiger partial charge in [0.05, 0.1) is 50.0 Å². The molecule has 1 aromatic carbocycles. The molecular formula is C19H20ClN5O3. The number of ether oxygens (including phenoxy) is 2. The van der Waals surface area contributed by atoms with E-state index in [4.69, 9.17) is 21.1 Å². The first kappa shape index (κ1) is 18.5. The van der Waals surface area contributed by atoms with Gasteiger partial charge >= 0.3 is 6.03 Å². The molecule has 0 spiro atoms. The Balaban J connectivity index is 1.51. The number of hydrogen-bond donors (Lipinski definition) is 2. The number of aromatic nitrogens is 3. The highest BCUT2D eigenvalue weighted by molar-refractivity contribution is 6.34. The number of nitrogens with one attached hydrogen (secondary N) is 2. The monoisotopic (exact) mass is 401 g/mol. The Morgan fingerprint density at radius 3 is 2.82 bits per heavy atom. The Kier molecular flexibility index (Phi) is 5.31.